The maximum absolute atomic E-state index is 5.21. The minimum Gasteiger partial charge on any atom is -0.244 e. The molecular weight excluding hydrogens is 629 g/mol. The lowest BCUT2D eigenvalue weighted by Crippen LogP contribution is -2.14. The van der Waals surface area contributed by atoms with E-state index in [1.807, 2.05) is 24.3 Å². The molecule has 10 rings (SSSR count). The van der Waals surface area contributed by atoms with Crippen LogP contribution in [0.2, 0.25) is 0 Å². The number of benzene rings is 7. The standard InChI is InChI=1S/C50H38N2/c1-49(2)41-13-7-5-11-37(41)39-27-25-35(29-43(39)49)31-17-21-33(22-18-31)47-48(52-46-16-10-9-15-45(46)51-47)34-23-19-32(20-24-34)36-26-28-40-38-12-6-8-14-42(38)50(3,4)44(40)30-36/h5-30H,1-4H3. The molecule has 2 aliphatic rings. The van der Waals surface area contributed by atoms with E-state index in [9.17, 15) is 0 Å². The van der Waals surface area contributed by atoms with E-state index in [-0.39, 0.29) is 10.8 Å². The summed E-state index contributed by atoms with van der Waals surface area (Å²) in [7, 11) is 0. The van der Waals surface area contributed by atoms with E-state index in [2.05, 4.69) is 161 Å². The van der Waals surface area contributed by atoms with Crippen molar-refractivity contribution in [2.45, 2.75) is 38.5 Å². The number of para-hydroxylation sites is 2. The molecule has 0 N–H and O–H groups in total. The van der Waals surface area contributed by atoms with Gasteiger partial charge in [0, 0.05) is 22.0 Å². The Bertz CT molecular complexity index is 2520. The molecule has 0 atom stereocenters. The van der Waals surface area contributed by atoms with Crippen LogP contribution in [0.4, 0.5) is 0 Å². The highest BCUT2D eigenvalue weighted by molar-refractivity contribution is 5.89. The van der Waals surface area contributed by atoms with Gasteiger partial charge in [0.2, 0.25) is 0 Å². The number of rotatable bonds is 4. The summed E-state index contributed by atoms with van der Waals surface area (Å²) in [6.45, 7) is 9.34. The number of hydrogen-bond donors (Lipinski definition) is 0. The number of nitrogens with zero attached hydrogens (tertiary/aromatic N) is 2. The third-order valence-electron chi connectivity index (χ3n) is 11.7. The Hall–Kier alpha value is -6.12. The predicted octanol–water partition coefficient (Wildman–Crippen LogP) is 12.9. The average molecular weight is 667 g/mol. The number of aromatic nitrogens is 2. The van der Waals surface area contributed by atoms with Gasteiger partial charge in [-0.1, -0.05) is 161 Å². The van der Waals surface area contributed by atoms with Crippen LogP contribution in [-0.4, -0.2) is 9.97 Å². The molecule has 8 aromatic rings. The van der Waals surface area contributed by atoms with Crippen molar-refractivity contribution in [2.24, 2.45) is 0 Å². The summed E-state index contributed by atoms with van der Waals surface area (Å²) in [6.07, 6.45) is 0. The number of hydrogen-bond acceptors (Lipinski definition) is 2. The first kappa shape index (κ1) is 30.7. The van der Waals surface area contributed by atoms with E-state index < -0.39 is 0 Å². The second kappa shape index (κ2) is 11.2. The summed E-state index contributed by atoms with van der Waals surface area (Å²) < 4.78 is 0. The zero-order valence-corrected chi connectivity index (χ0v) is 29.9. The third kappa shape index (κ3) is 4.57. The fourth-order valence-corrected chi connectivity index (χ4v) is 8.81. The molecule has 0 fully saturated rings. The molecule has 0 amide bonds. The highest BCUT2D eigenvalue weighted by atomic mass is 14.8. The summed E-state index contributed by atoms with van der Waals surface area (Å²) in [5.41, 5.74) is 21.4. The van der Waals surface area contributed by atoms with Gasteiger partial charge in [0.25, 0.3) is 0 Å². The molecule has 0 spiro atoms. The van der Waals surface area contributed by atoms with Crippen LogP contribution >= 0.6 is 0 Å². The van der Waals surface area contributed by atoms with Crippen molar-refractivity contribution in [2.75, 3.05) is 0 Å². The quantitative estimate of drug-likeness (QED) is 0.187. The molecule has 52 heavy (non-hydrogen) atoms. The molecule has 0 bridgehead atoms. The van der Waals surface area contributed by atoms with E-state index in [0.717, 1.165) is 33.5 Å². The van der Waals surface area contributed by atoms with Crippen molar-refractivity contribution in [3.8, 4) is 67.0 Å². The van der Waals surface area contributed by atoms with Crippen LogP contribution in [0.25, 0.3) is 78.1 Å². The van der Waals surface area contributed by atoms with E-state index in [1.165, 1.54) is 66.8 Å². The van der Waals surface area contributed by atoms with Gasteiger partial charge in [0.1, 0.15) is 0 Å². The third-order valence-corrected chi connectivity index (χ3v) is 11.7. The number of fused-ring (bicyclic) bond motifs is 7. The molecule has 1 heterocycles. The van der Waals surface area contributed by atoms with Gasteiger partial charge < -0.3 is 0 Å². The molecule has 0 radical (unpaired) electrons. The lowest BCUT2D eigenvalue weighted by molar-refractivity contribution is 0.660. The highest BCUT2D eigenvalue weighted by Gasteiger charge is 2.36. The average Bonchev–Trinajstić information content (AvgIpc) is 3.56. The molecule has 2 nitrogen and oxygen atoms in total. The molecule has 1 aromatic heterocycles. The van der Waals surface area contributed by atoms with Gasteiger partial charge in [0.05, 0.1) is 22.4 Å². The maximum Gasteiger partial charge on any atom is 0.0973 e. The second-order valence-electron chi connectivity index (χ2n) is 15.4. The summed E-state index contributed by atoms with van der Waals surface area (Å²) in [5.74, 6) is 0. The van der Waals surface area contributed by atoms with Crippen LogP contribution < -0.4 is 0 Å². The molecule has 0 unspecified atom stereocenters. The molecule has 0 saturated carbocycles. The lowest BCUT2D eigenvalue weighted by Gasteiger charge is -2.22. The molecule has 7 aromatic carbocycles. The Balaban J connectivity index is 1.00. The smallest absolute Gasteiger partial charge is 0.0973 e. The van der Waals surface area contributed by atoms with Crippen molar-refractivity contribution in [3.05, 3.63) is 180 Å². The summed E-state index contributed by atoms with van der Waals surface area (Å²) in [4.78, 5) is 10.4. The van der Waals surface area contributed by atoms with Gasteiger partial charge in [-0.15, -0.1) is 0 Å². The van der Waals surface area contributed by atoms with Gasteiger partial charge in [0.15, 0.2) is 0 Å². The first-order valence-corrected chi connectivity index (χ1v) is 18.2. The minimum absolute atomic E-state index is 0.0317. The van der Waals surface area contributed by atoms with Gasteiger partial charge >= 0.3 is 0 Å². The molecule has 2 aliphatic carbocycles. The normalized spacial score (nSPS) is 14.5. The van der Waals surface area contributed by atoms with E-state index >= 15 is 0 Å². The van der Waals surface area contributed by atoms with Crippen LogP contribution in [0.15, 0.2) is 158 Å². The van der Waals surface area contributed by atoms with Gasteiger partial charge in [-0.25, -0.2) is 9.97 Å². The van der Waals surface area contributed by atoms with Crippen molar-refractivity contribution < 1.29 is 0 Å². The van der Waals surface area contributed by atoms with Crippen LogP contribution in [0.3, 0.4) is 0 Å². The van der Waals surface area contributed by atoms with E-state index in [1.54, 1.807) is 0 Å². The fraction of sp³-hybridized carbons (Fsp3) is 0.120. The SMILES string of the molecule is CC1(C)c2ccccc2-c2ccc(-c3ccc(-c4nc5ccccc5nc4-c4ccc(-c5ccc6c(c5)C(C)(C)c5ccccc5-6)cc4)cc3)cc21. The van der Waals surface area contributed by atoms with Gasteiger partial charge in [-0.2, -0.15) is 0 Å². The van der Waals surface area contributed by atoms with Gasteiger partial charge in [-0.3, -0.25) is 0 Å². The second-order valence-corrected chi connectivity index (χ2v) is 15.4. The molecule has 248 valence electrons. The van der Waals surface area contributed by atoms with Crippen LogP contribution in [0.1, 0.15) is 49.9 Å². The zero-order valence-electron chi connectivity index (χ0n) is 29.9. The molecular formula is C50H38N2. The summed E-state index contributed by atoms with van der Waals surface area (Å²) >= 11 is 0. The molecule has 2 heteroatoms. The Morgan fingerprint density at radius 1 is 0.308 bits per heavy atom. The predicted molar refractivity (Wildman–Crippen MR) is 216 cm³/mol. The maximum atomic E-state index is 5.21. The molecule has 0 aliphatic heterocycles. The Morgan fingerprint density at radius 3 is 1.06 bits per heavy atom. The Morgan fingerprint density at radius 2 is 0.635 bits per heavy atom. The Labute approximate surface area is 305 Å². The highest BCUT2D eigenvalue weighted by Crippen LogP contribution is 2.51. The summed E-state index contributed by atoms with van der Waals surface area (Å²) in [6, 6.07) is 57.4. The lowest BCUT2D eigenvalue weighted by atomic mass is 9.81. The minimum atomic E-state index is -0.0317. The largest absolute Gasteiger partial charge is 0.244 e. The van der Waals surface area contributed by atoms with Crippen molar-refractivity contribution in [1.29, 1.82) is 0 Å². The Kier molecular flexibility index (Phi) is 6.60. The van der Waals surface area contributed by atoms with E-state index in [4.69, 9.17) is 9.97 Å². The van der Waals surface area contributed by atoms with Crippen LogP contribution in [0, 0.1) is 0 Å². The molecule has 0 saturated heterocycles. The fourth-order valence-electron chi connectivity index (χ4n) is 8.81. The zero-order chi connectivity index (χ0) is 35.2. The van der Waals surface area contributed by atoms with Crippen molar-refractivity contribution in [3.63, 3.8) is 0 Å². The summed E-state index contributed by atoms with van der Waals surface area (Å²) in [5, 5.41) is 0. The first-order chi connectivity index (χ1) is 25.3. The monoisotopic (exact) mass is 666 g/mol. The topological polar surface area (TPSA) is 25.8 Å². The van der Waals surface area contributed by atoms with Crippen molar-refractivity contribution in [1.82, 2.24) is 9.97 Å². The van der Waals surface area contributed by atoms with Crippen LogP contribution in [-0.2, 0) is 10.8 Å². The van der Waals surface area contributed by atoms with Crippen LogP contribution in [0.5, 0.6) is 0 Å². The first-order valence-electron chi connectivity index (χ1n) is 18.2. The van der Waals surface area contributed by atoms with E-state index in [0.29, 0.717) is 0 Å². The van der Waals surface area contributed by atoms with Gasteiger partial charge in [-0.05, 0) is 91.0 Å². The van der Waals surface area contributed by atoms with Crippen molar-refractivity contribution >= 4 is 11.0 Å².